The fraction of sp³-hybridized carbons (Fsp3) is 0.533. The van der Waals surface area contributed by atoms with Gasteiger partial charge in [0.05, 0.1) is 26.4 Å². The van der Waals surface area contributed by atoms with Crippen molar-refractivity contribution in [1.82, 2.24) is 5.32 Å². The zero-order chi connectivity index (χ0) is 15.5. The first-order chi connectivity index (χ1) is 10.2. The molecule has 21 heavy (non-hydrogen) atoms. The van der Waals surface area contributed by atoms with Gasteiger partial charge in [-0.15, -0.1) is 0 Å². The van der Waals surface area contributed by atoms with E-state index in [1.807, 2.05) is 32.0 Å². The number of anilines is 1. The summed E-state index contributed by atoms with van der Waals surface area (Å²) >= 11 is 0. The second kappa shape index (κ2) is 9.88. The Labute approximate surface area is 125 Å². The highest BCUT2D eigenvalue weighted by Gasteiger charge is 2.07. The lowest BCUT2D eigenvalue weighted by Gasteiger charge is -2.13. The molecule has 0 heterocycles. The molecule has 1 aromatic rings. The number of amides is 1. The number of rotatable bonds is 10. The normalized spacial score (nSPS) is 10.0. The Morgan fingerprint density at radius 2 is 1.86 bits per heavy atom. The van der Waals surface area contributed by atoms with Crippen molar-refractivity contribution >= 4 is 11.6 Å². The number of hydrogen-bond acceptors (Lipinski definition) is 5. The summed E-state index contributed by atoms with van der Waals surface area (Å²) in [4.78, 5) is 11.6. The molecule has 0 saturated heterocycles. The molecule has 0 aliphatic carbocycles. The summed E-state index contributed by atoms with van der Waals surface area (Å²) in [6, 6.07) is 5.52. The molecule has 118 valence electrons. The number of methoxy groups -OCH3 is 1. The van der Waals surface area contributed by atoms with E-state index < -0.39 is 0 Å². The number of hydrogen-bond donors (Lipinski definition) is 2. The number of carbonyl (C=O) groups excluding carboxylic acids is 1. The molecular weight excluding hydrogens is 272 g/mol. The van der Waals surface area contributed by atoms with E-state index in [2.05, 4.69) is 10.6 Å². The van der Waals surface area contributed by atoms with Gasteiger partial charge in [0.25, 0.3) is 0 Å². The maximum Gasteiger partial charge on any atom is 0.239 e. The molecule has 2 N–H and O–H groups in total. The van der Waals surface area contributed by atoms with Gasteiger partial charge in [0.2, 0.25) is 5.91 Å². The minimum Gasteiger partial charge on any atom is -0.490 e. The summed E-state index contributed by atoms with van der Waals surface area (Å²) in [7, 11) is 1.60. The van der Waals surface area contributed by atoms with Crippen LogP contribution in [0, 0.1) is 0 Å². The summed E-state index contributed by atoms with van der Waals surface area (Å²) in [6.07, 6.45) is 0. The van der Waals surface area contributed by atoms with Crippen LogP contribution >= 0.6 is 0 Å². The van der Waals surface area contributed by atoms with Crippen LogP contribution in [0.25, 0.3) is 0 Å². The standard InChI is InChI=1S/C15H24N2O4/c1-4-20-13-7-6-12(10-14(13)21-5-2)17-11-15(18)16-8-9-19-3/h6-7,10,17H,4-5,8-9,11H2,1-3H3,(H,16,18). The number of nitrogens with one attached hydrogen (secondary N) is 2. The van der Waals surface area contributed by atoms with E-state index in [1.165, 1.54) is 0 Å². The molecule has 0 aromatic heterocycles. The predicted octanol–water partition coefficient (Wildman–Crippen LogP) is 1.66. The van der Waals surface area contributed by atoms with Crippen molar-refractivity contribution in [3.63, 3.8) is 0 Å². The van der Waals surface area contributed by atoms with Crippen molar-refractivity contribution in [1.29, 1.82) is 0 Å². The summed E-state index contributed by atoms with van der Waals surface area (Å²) in [5, 5.41) is 5.79. The van der Waals surface area contributed by atoms with Crippen LogP contribution < -0.4 is 20.1 Å². The molecule has 1 rings (SSSR count). The van der Waals surface area contributed by atoms with Crippen LogP contribution in [0.4, 0.5) is 5.69 Å². The maximum absolute atomic E-state index is 11.6. The van der Waals surface area contributed by atoms with Crippen molar-refractivity contribution in [2.75, 3.05) is 45.3 Å². The van der Waals surface area contributed by atoms with Crippen LogP contribution in [0.1, 0.15) is 13.8 Å². The lowest BCUT2D eigenvalue weighted by molar-refractivity contribution is -0.119. The SMILES string of the molecule is CCOc1ccc(NCC(=O)NCCOC)cc1OCC. The Kier molecular flexibility index (Phi) is 8.04. The van der Waals surface area contributed by atoms with Gasteiger partial charge >= 0.3 is 0 Å². The highest BCUT2D eigenvalue weighted by atomic mass is 16.5. The third kappa shape index (κ3) is 6.35. The summed E-state index contributed by atoms with van der Waals surface area (Å²) in [6.45, 7) is 6.18. The van der Waals surface area contributed by atoms with Gasteiger partial charge < -0.3 is 24.8 Å². The maximum atomic E-state index is 11.6. The molecule has 6 heteroatoms. The molecule has 0 atom stereocenters. The monoisotopic (exact) mass is 296 g/mol. The van der Waals surface area contributed by atoms with Crippen LogP contribution in [0.15, 0.2) is 18.2 Å². The van der Waals surface area contributed by atoms with Gasteiger partial charge in [-0.3, -0.25) is 4.79 Å². The van der Waals surface area contributed by atoms with E-state index >= 15 is 0 Å². The minimum atomic E-state index is -0.0844. The van der Waals surface area contributed by atoms with Crippen molar-refractivity contribution in [3.8, 4) is 11.5 Å². The molecule has 1 aromatic carbocycles. The van der Waals surface area contributed by atoms with Crippen LogP contribution in [0.5, 0.6) is 11.5 Å². The summed E-state index contributed by atoms with van der Waals surface area (Å²) < 4.78 is 15.9. The van der Waals surface area contributed by atoms with Crippen molar-refractivity contribution in [2.24, 2.45) is 0 Å². The molecule has 0 aliphatic rings. The molecular formula is C15H24N2O4. The van der Waals surface area contributed by atoms with Crippen LogP contribution in [0.3, 0.4) is 0 Å². The number of benzene rings is 1. The highest BCUT2D eigenvalue weighted by Crippen LogP contribution is 2.30. The van der Waals surface area contributed by atoms with Gasteiger partial charge in [0.1, 0.15) is 0 Å². The van der Waals surface area contributed by atoms with E-state index in [0.717, 1.165) is 5.69 Å². The molecule has 0 radical (unpaired) electrons. The molecule has 0 unspecified atom stereocenters. The Morgan fingerprint density at radius 1 is 1.14 bits per heavy atom. The quantitative estimate of drug-likeness (QED) is 0.643. The Morgan fingerprint density at radius 3 is 2.52 bits per heavy atom. The Balaban J connectivity index is 2.54. The van der Waals surface area contributed by atoms with Gasteiger partial charge in [-0.2, -0.15) is 0 Å². The molecule has 0 bridgehead atoms. The van der Waals surface area contributed by atoms with Gasteiger partial charge in [-0.1, -0.05) is 0 Å². The smallest absolute Gasteiger partial charge is 0.239 e. The first-order valence-electron chi connectivity index (χ1n) is 7.10. The second-order valence-corrected chi connectivity index (χ2v) is 4.22. The van der Waals surface area contributed by atoms with E-state index in [0.29, 0.717) is 37.9 Å². The Bertz CT molecular complexity index is 438. The van der Waals surface area contributed by atoms with Crippen molar-refractivity contribution in [2.45, 2.75) is 13.8 Å². The zero-order valence-corrected chi connectivity index (χ0v) is 12.9. The molecule has 1 amide bonds. The second-order valence-electron chi connectivity index (χ2n) is 4.22. The van der Waals surface area contributed by atoms with Gasteiger partial charge in [-0.25, -0.2) is 0 Å². The van der Waals surface area contributed by atoms with Gasteiger partial charge in [0.15, 0.2) is 11.5 Å². The summed E-state index contributed by atoms with van der Waals surface area (Å²) in [5.74, 6) is 1.29. The van der Waals surface area contributed by atoms with Gasteiger partial charge in [0, 0.05) is 25.4 Å². The fourth-order valence-corrected chi connectivity index (χ4v) is 1.70. The lowest BCUT2D eigenvalue weighted by atomic mass is 10.2. The largest absolute Gasteiger partial charge is 0.490 e. The zero-order valence-electron chi connectivity index (χ0n) is 12.9. The van der Waals surface area contributed by atoms with E-state index in [9.17, 15) is 4.79 Å². The van der Waals surface area contributed by atoms with Crippen LogP contribution in [-0.2, 0) is 9.53 Å². The third-order valence-corrected chi connectivity index (χ3v) is 2.62. The predicted molar refractivity (Wildman–Crippen MR) is 82.2 cm³/mol. The first-order valence-corrected chi connectivity index (χ1v) is 7.10. The molecule has 0 aliphatic heterocycles. The fourth-order valence-electron chi connectivity index (χ4n) is 1.70. The van der Waals surface area contributed by atoms with E-state index in [1.54, 1.807) is 7.11 Å². The third-order valence-electron chi connectivity index (χ3n) is 2.62. The van der Waals surface area contributed by atoms with E-state index in [4.69, 9.17) is 14.2 Å². The Hall–Kier alpha value is -1.95. The van der Waals surface area contributed by atoms with Crippen LogP contribution in [0.2, 0.25) is 0 Å². The minimum absolute atomic E-state index is 0.0844. The average Bonchev–Trinajstić information content (AvgIpc) is 2.48. The first kappa shape index (κ1) is 17.1. The van der Waals surface area contributed by atoms with Crippen LogP contribution in [-0.4, -0.2) is 45.9 Å². The average molecular weight is 296 g/mol. The molecule has 0 saturated carbocycles. The number of carbonyl (C=O) groups is 1. The highest BCUT2D eigenvalue weighted by molar-refractivity contribution is 5.80. The van der Waals surface area contributed by atoms with Crippen molar-refractivity contribution in [3.05, 3.63) is 18.2 Å². The number of ether oxygens (including phenoxy) is 3. The molecule has 0 fully saturated rings. The van der Waals surface area contributed by atoms with Gasteiger partial charge in [-0.05, 0) is 26.0 Å². The lowest BCUT2D eigenvalue weighted by Crippen LogP contribution is -2.32. The van der Waals surface area contributed by atoms with E-state index in [-0.39, 0.29) is 12.5 Å². The topological polar surface area (TPSA) is 68.8 Å². The molecule has 0 spiro atoms. The van der Waals surface area contributed by atoms with Crippen molar-refractivity contribution < 1.29 is 19.0 Å². The summed E-state index contributed by atoms with van der Waals surface area (Å²) in [5.41, 5.74) is 0.809. The molecule has 6 nitrogen and oxygen atoms in total.